The van der Waals surface area contributed by atoms with Crippen LogP contribution in [-0.2, 0) is 24.4 Å². The molecule has 0 aromatic heterocycles. The highest BCUT2D eigenvalue weighted by atomic mass is 32.2. The van der Waals surface area contributed by atoms with Crippen LogP contribution < -0.4 is 5.32 Å². The molecule has 2 aliphatic rings. The van der Waals surface area contributed by atoms with Crippen molar-refractivity contribution in [2.24, 2.45) is 5.92 Å². The fourth-order valence-electron chi connectivity index (χ4n) is 4.58. The number of fused-ring (bicyclic) bond motifs is 2. The maximum atomic E-state index is 13.5. The highest BCUT2D eigenvalue weighted by Gasteiger charge is 2.40. The molecular weight excluding hydrogens is 524 g/mol. The Morgan fingerprint density at radius 2 is 1.63 bits per heavy atom. The third kappa shape index (κ3) is 4.59. The van der Waals surface area contributed by atoms with Gasteiger partial charge in [0.2, 0.25) is 15.9 Å². The number of phenols is 2. The fraction of sp³-hybridized carbons (Fsp3) is 0.292. The number of amides is 1. The summed E-state index contributed by atoms with van der Waals surface area (Å²) in [4.78, 5) is 59.9. The summed E-state index contributed by atoms with van der Waals surface area (Å²) in [6.07, 6.45) is -0.549. The van der Waals surface area contributed by atoms with Crippen LogP contribution in [0.3, 0.4) is 0 Å². The van der Waals surface area contributed by atoms with Crippen molar-refractivity contribution in [3.05, 3.63) is 52.6 Å². The van der Waals surface area contributed by atoms with Crippen LogP contribution in [0, 0.1) is 5.92 Å². The van der Waals surface area contributed by atoms with E-state index in [0.29, 0.717) is 0 Å². The number of carboxylic acids is 2. The Morgan fingerprint density at radius 1 is 1.00 bits per heavy atom. The number of sulfonamides is 1. The third-order valence-electron chi connectivity index (χ3n) is 6.49. The van der Waals surface area contributed by atoms with E-state index >= 15 is 0 Å². The van der Waals surface area contributed by atoms with E-state index in [2.05, 4.69) is 5.32 Å². The molecule has 1 aliphatic carbocycles. The molecule has 4 rings (SSSR count). The van der Waals surface area contributed by atoms with Gasteiger partial charge in [-0.15, -0.1) is 0 Å². The molecule has 1 unspecified atom stereocenters. The SMILES string of the molecule is O=C(O)C[C@H](NC(=O)C1CCCN(S(=O)(=O)c2cc3c(c(O)c2O)C(=O)c2ccccc2C3=O)C1)C(=O)O. The summed E-state index contributed by atoms with van der Waals surface area (Å²) in [5.41, 5.74) is -0.948. The van der Waals surface area contributed by atoms with E-state index in [1.165, 1.54) is 24.3 Å². The average Bonchev–Trinajstić information content (AvgIpc) is 2.88. The van der Waals surface area contributed by atoms with Crippen molar-refractivity contribution in [2.45, 2.75) is 30.2 Å². The number of aliphatic carboxylic acids is 2. The molecular formula is C24H22N2O11S. The van der Waals surface area contributed by atoms with Crippen molar-refractivity contribution in [1.82, 2.24) is 9.62 Å². The smallest absolute Gasteiger partial charge is 0.326 e. The molecule has 0 radical (unpaired) electrons. The van der Waals surface area contributed by atoms with Gasteiger partial charge in [0, 0.05) is 29.8 Å². The van der Waals surface area contributed by atoms with Gasteiger partial charge in [-0.25, -0.2) is 13.2 Å². The quantitative estimate of drug-likeness (QED) is 0.254. The van der Waals surface area contributed by atoms with Crippen LogP contribution >= 0.6 is 0 Å². The zero-order valence-corrected chi connectivity index (χ0v) is 20.4. The van der Waals surface area contributed by atoms with Gasteiger partial charge in [0.15, 0.2) is 23.1 Å². The van der Waals surface area contributed by atoms with Crippen molar-refractivity contribution in [2.75, 3.05) is 13.1 Å². The first-order chi connectivity index (χ1) is 17.8. The van der Waals surface area contributed by atoms with Crippen LogP contribution in [0.4, 0.5) is 0 Å². The van der Waals surface area contributed by atoms with Crippen molar-refractivity contribution < 1.29 is 52.8 Å². The lowest BCUT2D eigenvalue weighted by Crippen LogP contribution is -2.49. The predicted molar refractivity (Wildman–Crippen MR) is 126 cm³/mol. The van der Waals surface area contributed by atoms with Gasteiger partial charge < -0.3 is 25.7 Å². The first kappa shape index (κ1) is 26.8. The van der Waals surface area contributed by atoms with Crippen LogP contribution in [0.25, 0.3) is 0 Å². The largest absolute Gasteiger partial charge is 0.504 e. The second kappa shape index (κ2) is 9.87. The van der Waals surface area contributed by atoms with Gasteiger partial charge >= 0.3 is 11.9 Å². The number of nitrogens with zero attached hydrogens (tertiary/aromatic N) is 1. The number of aromatic hydroxyl groups is 2. The highest BCUT2D eigenvalue weighted by Crippen LogP contribution is 2.43. The summed E-state index contributed by atoms with van der Waals surface area (Å²) in [5.74, 6) is -8.64. The van der Waals surface area contributed by atoms with Gasteiger partial charge in [0.25, 0.3) is 0 Å². The van der Waals surface area contributed by atoms with Crippen molar-refractivity contribution in [3.8, 4) is 11.5 Å². The lowest BCUT2D eigenvalue weighted by molar-refractivity contribution is -0.147. The Kier molecular flexibility index (Phi) is 6.95. The Balaban J connectivity index is 1.65. The Labute approximate surface area is 215 Å². The van der Waals surface area contributed by atoms with Crippen LogP contribution in [0.5, 0.6) is 11.5 Å². The first-order valence-corrected chi connectivity index (χ1v) is 12.8. The van der Waals surface area contributed by atoms with E-state index in [4.69, 9.17) is 10.2 Å². The average molecular weight is 547 g/mol. The molecule has 200 valence electrons. The second-order valence-corrected chi connectivity index (χ2v) is 10.8. The molecule has 1 heterocycles. The minimum atomic E-state index is -4.63. The number of phenolic OH excluding ortho intramolecular Hbond substituents is 2. The van der Waals surface area contributed by atoms with Gasteiger partial charge in [-0.2, -0.15) is 4.31 Å². The van der Waals surface area contributed by atoms with E-state index in [9.17, 15) is 42.6 Å². The molecule has 38 heavy (non-hydrogen) atoms. The maximum absolute atomic E-state index is 13.5. The van der Waals surface area contributed by atoms with Crippen molar-refractivity contribution in [1.29, 1.82) is 0 Å². The summed E-state index contributed by atoms with van der Waals surface area (Å²) in [6.45, 7) is -0.544. The molecule has 14 heteroatoms. The maximum Gasteiger partial charge on any atom is 0.326 e. The van der Waals surface area contributed by atoms with Gasteiger partial charge in [0.1, 0.15) is 10.9 Å². The van der Waals surface area contributed by atoms with E-state index in [0.717, 1.165) is 10.4 Å². The van der Waals surface area contributed by atoms with Crippen molar-refractivity contribution >= 4 is 39.4 Å². The third-order valence-corrected chi connectivity index (χ3v) is 8.37. The molecule has 1 saturated heterocycles. The van der Waals surface area contributed by atoms with E-state index in [1.807, 2.05) is 0 Å². The van der Waals surface area contributed by atoms with Crippen LogP contribution in [-0.4, -0.2) is 81.7 Å². The molecule has 2 atom stereocenters. The Bertz CT molecular complexity index is 1500. The highest BCUT2D eigenvalue weighted by molar-refractivity contribution is 7.89. The molecule has 0 bridgehead atoms. The topological polar surface area (TPSA) is 216 Å². The standard InChI is InChI=1S/C24H22N2O11S/c27-17(28)9-15(24(34)35)25-23(33)11-4-3-7-26(10-11)38(36,37)16-8-14-18(22(32)21(16)31)20(30)13-6-2-1-5-12(13)19(14)29/h1-2,5-6,8,11,15,31-32H,3-4,7,9-10H2,(H,25,33)(H,27,28)(H,34,35)/t11?,15-/m0/s1. The molecule has 1 amide bonds. The minimum absolute atomic E-state index is 0.00231. The fourth-order valence-corrected chi connectivity index (χ4v) is 6.21. The lowest BCUT2D eigenvalue weighted by atomic mass is 9.83. The molecule has 2 aromatic rings. The number of hydrogen-bond donors (Lipinski definition) is 5. The molecule has 1 aliphatic heterocycles. The number of ketones is 2. The lowest BCUT2D eigenvalue weighted by Gasteiger charge is -2.32. The summed E-state index contributed by atoms with van der Waals surface area (Å²) in [7, 11) is -4.63. The number of carbonyl (C=O) groups is 5. The molecule has 1 fully saturated rings. The summed E-state index contributed by atoms with van der Waals surface area (Å²) in [6, 6.07) is 4.85. The van der Waals surface area contributed by atoms with Crippen LogP contribution in [0.2, 0.25) is 0 Å². The number of benzene rings is 2. The number of hydrogen-bond acceptors (Lipinski definition) is 9. The zero-order chi connectivity index (χ0) is 27.9. The van der Waals surface area contributed by atoms with E-state index in [-0.39, 0.29) is 30.5 Å². The van der Waals surface area contributed by atoms with Crippen molar-refractivity contribution in [3.63, 3.8) is 0 Å². The predicted octanol–water partition coefficient (Wildman–Crippen LogP) is 0.318. The molecule has 2 aromatic carbocycles. The number of carbonyl (C=O) groups excluding carboxylic acids is 3. The monoisotopic (exact) mass is 546 g/mol. The van der Waals surface area contributed by atoms with Crippen LogP contribution in [0.15, 0.2) is 35.2 Å². The number of piperidine rings is 1. The summed E-state index contributed by atoms with van der Waals surface area (Å²) in [5, 5.41) is 41.3. The number of carboxylic acid groups (broad SMARTS) is 2. The van der Waals surface area contributed by atoms with Gasteiger partial charge in [0.05, 0.1) is 17.9 Å². The zero-order valence-electron chi connectivity index (χ0n) is 19.6. The number of rotatable bonds is 7. The van der Waals surface area contributed by atoms with E-state index in [1.54, 1.807) is 0 Å². The second-order valence-electron chi connectivity index (χ2n) is 8.90. The van der Waals surface area contributed by atoms with E-state index < -0.39 is 91.9 Å². The molecule has 13 nitrogen and oxygen atoms in total. The van der Waals surface area contributed by atoms with Gasteiger partial charge in [-0.1, -0.05) is 24.3 Å². The molecule has 0 saturated carbocycles. The molecule has 0 spiro atoms. The normalized spacial score (nSPS) is 18.3. The van der Waals surface area contributed by atoms with Gasteiger partial charge in [-0.3, -0.25) is 19.2 Å². The summed E-state index contributed by atoms with van der Waals surface area (Å²) >= 11 is 0. The Hall–Kier alpha value is -4.30. The molecule has 5 N–H and O–H groups in total. The minimum Gasteiger partial charge on any atom is -0.504 e. The number of nitrogens with one attached hydrogen (secondary N) is 1. The Morgan fingerprint density at radius 3 is 2.24 bits per heavy atom. The summed E-state index contributed by atoms with van der Waals surface area (Å²) < 4.78 is 27.8. The first-order valence-electron chi connectivity index (χ1n) is 11.4. The van der Waals surface area contributed by atoms with Gasteiger partial charge in [-0.05, 0) is 18.9 Å². The van der Waals surface area contributed by atoms with Crippen LogP contribution in [0.1, 0.15) is 51.1 Å².